The Bertz CT molecular complexity index is 847. The van der Waals surface area contributed by atoms with E-state index < -0.39 is 5.82 Å². The standard InChI is InChI=1S/C21H26FN5O2/c1-15(28)25-18-3-2-4-20(9-18)29-14-16-5-6-19-13-27(8-7-26(19)12-16)21-23-10-17(22)11-24-21/h2-4,9-11,16,19H,5-8,12-14H2,1H3,(H,25,28). The Hall–Kier alpha value is -2.74. The highest BCUT2D eigenvalue weighted by Gasteiger charge is 2.33. The number of carbonyl (C=O) groups excluding carboxylic acids is 1. The summed E-state index contributed by atoms with van der Waals surface area (Å²) in [5.74, 6) is 1.36. The minimum absolute atomic E-state index is 0.0920. The van der Waals surface area contributed by atoms with Gasteiger partial charge in [0.25, 0.3) is 0 Å². The lowest BCUT2D eigenvalue weighted by Crippen LogP contribution is -2.57. The quantitative estimate of drug-likeness (QED) is 0.833. The fourth-order valence-corrected chi connectivity index (χ4v) is 4.13. The second-order valence-corrected chi connectivity index (χ2v) is 7.76. The zero-order chi connectivity index (χ0) is 20.2. The molecule has 7 nitrogen and oxygen atoms in total. The van der Waals surface area contributed by atoms with Gasteiger partial charge >= 0.3 is 0 Å². The van der Waals surface area contributed by atoms with Crippen LogP contribution in [0.25, 0.3) is 0 Å². The smallest absolute Gasteiger partial charge is 0.225 e. The van der Waals surface area contributed by atoms with Crippen molar-refractivity contribution in [3.63, 3.8) is 0 Å². The van der Waals surface area contributed by atoms with Gasteiger partial charge < -0.3 is 15.0 Å². The monoisotopic (exact) mass is 399 g/mol. The number of hydrogen-bond acceptors (Lipinski definition) is 6. The Kier molecular flexibility index (Phi) is 5.89. The van der Waals surface area contributed by atoms with Gasteiger partial charge in [-0.15, -0.1) is 0 Å². The third-order valence-electron chi connectivity index (χ3n) is 5.54. The number of carbonyl (C=O) groups is 1. The third-order valence-corrected chi connectivity index (χ3v) is 5.54. The van der Waals surface area contributed by atoms with Crippen LogP contribution in [0.15, 0.2) is 36.7 Å². The van der Waals surface area contributed by atoms with E-state index in [9.17, 15) is 9.18 Å². The van der Waals surface area contributed by atoms with E-state index in [-0.39, 0.29) is 5.91 Å². The van der Waals surface area contributed by atoms with Crippen LogP contribution in [-0.4, -0.2) is 59.6 Å². The molecule has 0 saturated carbocycles. The summed E-state index contributed by atoms with van der Waals surface area (Å²) >= 11 is 0. The lowest BCUT2D eigenvalue weighted by molar-refractivity contribution is -0.114. The summed E-state index contributed by atoms with van der Waals surface area (Å²) < 4.78 is 19.1. The minimum atomic E-state index is -0.407. The number of nitrogens with one attached hydrogen (secondary N) is 1. The maximum Gasteiger partial charge on any atom is 0.225 e. The zero-order valence-electron chi connectivity index (χ0n) is 16.6. The van der Waals surface area contributed by atoms with Crippen LogP contribution in [-0.2, 0) is 4.79 Å². The molecule has 2 saturated heterocycles. The van der Waals surface area contributed by atoms with Crippen molar-refractivity contribution in [2.24, 2.45) is 5.92 Å². The Labute approximate surface area is 169 Å². The Morgan fingerprint density at radius 3 is 2.86 bits per heavy atom. The highest BCUT2D eigenvalue weighted by Crippen LogP contribution is 2.27. The van der Waals surface area contributed by atoms with Gasteiger partial charge in [0.2, 0.25) is 11.9 Å². The summed E-state index contributed by atoms with van der Waals surface area (Å²) in [6, 6.07) is 7.97. The molecule has 8 heteroatoms. The Morgan fingerprint density at radius 1 is 1.24 bits per heavy atom. The van der Waals surface area contributed by atoms with Crippen molar-refractivity contribution in [1.29, 1.82) is 0 Å². The van der Waals surface area contributed by atoms with Gasteiger partial charge in [0.05, 0.1) is 19.0 Å². The first-order chi connectivity index (χ1) is 14.1. The maximum absolute atomic E-state index is 13.1. The summed E-state index contributed by atoms with van der Waals surface area (Å²) in [5, 5.41) is 2.78. The number of piperidine rings is 1. The van der Waals surface area contributed by atoms with Gasteiger partial charge in [0, 0.05) is 56.8 Å². The molecule has 1 amide bonds. The van der Waals surface area contributed by atoms with E-state index in [1.807, 2.05) is 24.3 Å². The summed E-state index contributed by atoms with van der Waals surface area (Å²) in [6.45, 7) is 5.83. The van der Waals surface area contributed by atoms with Gasteiger partial charge in [0.1, 0.15) is 5.75 Å². The third kappa shape index (κ3) is 5.00. The van der Waals surface area contributed by atoms with E-state index in [1.54, 1.807) is 0 Å². The molecule has 0 radical (unpaired) electrons. The molecule has 1 N–H and O–H groups in total. The number of anilines is 2. The van der Waals surface area contributed by atoms with Crippen LogP contribution in [0.3, 0.4) is 0 Å². The average Bonchev–Trinajstić information content (AvgIpc) is 2.72. The number of piperazine rings is 1. The molecule has 0 spiro atoms. The minimum Gasteiger partial charge on any atom is -0.493 e. The van der Waals surface area contributed by atoms with Crippen LogP contribution in [0.5, 0.6) is 5.75 Å². The van der Waals surface area contributed by atoms with Gasteiger partial charge in [-0.1, -0.05) is 6.07 Å². The number of nitrogens with zero attached hydrogens (tertiary/aromatic N) is 4. The normalized spacial score (nSPS) is 22.1. The van der Waals surface area contributed by atoms with Crippen molar-refractivity contribution in [3.05, 3.63) is 42.5 Å². The van der Waals surface area contributed by atoms with E-state index in [0.717, 1.165) is 50.5 Å². The zero-order valence-corrected chi connectivity index (χ0v) is 16.6. The molecule has 2 fully saturated rings. The van der Waals surface area contributed by atoms with Crippen LogP contribution in [0, 0.1) is 11.7 Å². The molecule has 154 valence electrons. The molecule has 1 aromatic heterocycles. The van der Waals surface area contributed by atoms with Crippen LogP contribution in [0.1, 0.15) is 19.8 Å². The van der Waals surface area contributed by atoms with Gasteiger partial charge in [0.15, 0.2) is 5.82 Å². The Balaban J connectivity index is 1.28. The number of hydrogen-bond donors (Lipinski definition) is 1. The molecule has 3 heterocycles. The van der Waals surface area contributed by atoms with Crippen LogP contribution >= 0.6 is 0 Å². The van der Waals surface area contributed by atoms with E-state index >= 15 is 0 Å². The number of rotatable bonds is 5. The van der Waals surface area contributed by atoms with Crippen molar-refractivity contribution < 1.29 is 13.9 Å². The van der Waals surface area contributed by atoms with Crippen LogP contribution in [0.4, 0.5) is 16.0 Å². The number of ether oxygens (including phenoxy) is 1. The van der Waals surface area contributed by atoms with Crippen molar-refractivity contribution in [3.8, 4) is 5.75 Å². The average molecular weight is 399 g/mol. The van der Waals surface area contributed by atoms with E-state index in [0.29, 0.717) is 24.5 Å². The van der Waals surface area contributed by atoms with Gasteiger partial charge in [-0.3, -0.25) is 9.69 Å². The second kappa shape index (κ2) is 8.73. The van der Waals surface area contributed by atoms with Crippen molar-refractivity contribution in [2.75, 3.05) is 43.0 Å². The van der Waals surface area contributed by atoms with E-state index in [2.05, 4.69) is 25.1 Å². The molecular weight excluding hydrogens is 373 g/mol. The molecular formula is C21H26FN5O2. The van der Waals surface area contributed by atoms with Gasteiger partial charge in [-0.2, -0.15) is 0 Å². The summed E-state index contributed by atoms with van der Waals surface area (Å²) in [5.41, 5.74) is 0.748. The number of halogens is 1. The first-order valence-corrected chi connectivity index (χ1v) is 10.0. The van der Waals surface area contributed by atoms with Crippen molar-refractivity contribution in [2.45, 2.75) is 25.8 Å². The van der Waals surface area contributed by atoms with E-state index in [4.69, 9.17) is 4.74 Å². The lowest BCUT2D eigenvalue weighted by atomic mass is 9.91. The van der Waals surface area contributed by atoms with Crippen molar-refractivity contribution in [1.82, 2.24) is 14.9 Å². The molecule has 2 aromatic rings. The molecule has 2 aliphatic rings. The molecule has 2 aliphatic heterocycles. The number of benzene rings is 1. The number of fused-ring (bicyclic) bond motifs is 1. The summed E-state index contributed by atoms with van der Waals surface area (Å²) in [6.07, 6.45) is 4.65. The summed E-state index contributed by atoms with van der Waals surface area (Å²) in [7, 11) is 0. The molecule has 1 aromatic carbocycles. The molecule has 29 heavy (non-hydrogen) atoms. The topological polar surface area (TPSA) is 70.6 Å². The Morgan fingerprint density at radius 2 is 2.07 bits per heavy atom. The first kappa shape index (κ1) is 19.6. The van der Waals surface area contributed by atoms with Crippen LogP contribution < -0.4 is 15.0 Å². The van der Waals surface area contributed by atoms with Gasteiger partial charge in [-0.25, -0.2) is 14.4 Å². The molecule has 4 rings (SSSR count). The predicted octanol–water partition coefficient (Wildman–Crippen LogP) is 2.55. The molecule has 2 atom stereocenters. The van der Waals surface area contributed by atoms with Gasteiger partial charge in [-0.05, 0) is 25.0 Å². The number of aromatic nitrogens is 2. The number of amides is 1. The molecule has 0 aliphatic carbocycles. The summed E-state index contributed by atoms with van der Waals surface area (Å²) in [4.78, 5) is 24.1. The highest BCUT2D eigenvalue weighted by atomic mass is 19.1. The molecule has 0 bridgehead atoms. The maximum atomic E-state index is 13.1. The highest BCUT2D eigenvalue weighted by molar-refractivity contribution is 5.88. The second-order valence-electron chi connectivity index (χ2n) is 7.76. The largest absolute Gasteiger partial charge is 0.493 e. The fraction of sp³-hybridized carbons (Fsp3) is 0.476. The fourth-order valence-electron chi connectivity index (χ4n) is 4.13. The SMILES string of the molecule is CC(=O)Nc1cccc(OCC2CCC3CN(c4ncc(F)cn4)CCN3C2)c1. The lowest BCUT2D eigenvalue weighted by Gasteiger charge is -2.46. The van der Waals surface area contributed by atoms with E-state index in [1.165, 1.54) is 19.3 Å². The predicted molar refractivity (Wildman–Crippen MR) is 109 cm³/mol. The van der Waals surface area contributed by atoms with Crippen LogP contribution in [0.2, 0.25) is 0 Å². The van der Waals surface area contributed by atoms with Crippen molar-refractivity contribution >= 4 is 17.5 Å². The first-order valence-electron chi connectivity index (χ1n) is 10.0. The molecule has 2 unspecified atom stereocenters.